The highest BCUT2D eigenvalue weighted by Crippen LogP contribution is 2.47. The summed E-state index contributed by atoms with van der Waals surface area (Å²) in [5, 5.41) is 14.1. The Morgan fingerprint density at radius 1 is 1.33 bits per heavy atom. The van der Waals surface area contributed by atoms with E-state index in [1.54, 1.807) is 12.0 Å². The van der Waals surface area contributed by atoms with Crippen molar-refractivity contribution in [2.75, 3.05) is 13.7 Å². The minimum Gasteiger partial charge on any atom is -0.485 e. The number of carbonyl (C=O) groups excluding carboxylic acids is 2. The van der Waals surface area contributed by atoms with Crippen LogP contribution in [0, 0.1) is 11.8 Å². The Kier molecular flexibility index (Phi) is 7.35. The van der Waals surface area contributed by atoms with Crippen molar-refractivity contribution in [3.8, 4) is 5.75 Å². The second-order valence-electron chi connectivity index (χ2n) is 10.9. The van der Waals surface area contributed by atoms with Crippen LogP contribution in [-0.2, 0) is 14.3 Å². The number of amides is 2. The van der Waals surface area contributed by atoms with Crippen LogP contribution >= 0.6 is 0 Å². The predicted octanol–water partition coefficient (Wildman–Crippen LogP) is 2.52. The van der Waals surface area contributed by atoms with Crippen LogP contribution in [0.4, 0.5) is 0 Å². The fourth-order valence-electron chi connectivity index (χ4n) is 5.72. The second-order valence-corrected chi connectivity index (χ2v) is 10.9. The molecule has 2 heterocycles. The van der Waals surface area contributed by atoms with Gasteiger partial charge < -0.3 is 25.6 Å². The summed E-state index contributed by atoms with van der Waals surface area (Å²) in [6.07, 6.45) is 2.08. The maximum atomic E-state index is 13.4. The minimum absolute atomic E-state index is 0.0473. The molecular weight excluding hydrogens is 460 g/mol. The molecule has 2 aliphatic heterocycles. The highest BCUT2D eigenvalue weighted by molar-refractivity contribution is 5.99. The van der Waals surface area contributed by atoms with Gasteiger partial charge in [-0.2, -0.15) is 0 Å². The molecule has 3 aliphatic rings. The number of aliphatic hydroxyl groups is 1. The van der Waals surface area contributed by atoms with Crippen molar-refractivity contribution in [2.24, 2.45) is 22.6 Å². The standard InChI is InChI=1S/C27H40N4O5/c1-6-27(7-2)15-21(32)31(25(28)30-27)19(12-13-35-5)17-14-18(17)24(34)29-22-16-10-8-9-11-20(16)36-26(3,4)23(22)33/h8-11,17-19,22-23,33H,6-7,12-15H2,1-5H3,(H2,28,30)(H,29,34)/t17-,18-,19+,22-,23+/m0/s1. The summed E-state index contributed by atoms with van der Waals surface area (Å²) in [5.74, 6) is 0.347. The van der Waals surface area contributed by atoms with Gasteiger partial charge >= 0.3 is 0 Å². The first-order valence-corrected chi connectivity index (χ1v) is 13.0. The molecular formula is C27H40N4O5. The van der Waals surface area contributed by atoms with Crippen LogP contribution < -0.4 is 15.8 Å². The van der Waals surface area contributed by atoms with Crippen LogP contribution in [0.2, 0.25) is 0 Å². The van der Waals surface area contributed by atoms with E-state index in [0.29, 0.717) is 31.6 Å². The third-order valence-corrected chi connectivity index (χ3v) is 8.24. The summed E-state index contributed by atoms with van der Waals surface area (Å²) >= 11 is 0. The molecule has 9 nitrogen and oxygen atoms in total. The SMILES string of the molecule is CCC1(CC)CC(=O)N([C@H](CCOC)[C@H]2C[C@@H]2C(=O)N[C@H]2c3ccccc3OC(C)(C)[C@@H]2O)C(N)=N1. The summed E-state index contributed by atoms with van der Waals surface area (Å²) in [6, 6.07) is 6.59. The maximum Gasteiger partial charge on any atom is 0.231 e. The number of aliphatic imine (C=N–C) groups is 1. The van der Waals surface area contributed by atoms with Gasteiger partial charge in [-0.25, -0.2) is 4.99 Å². The normalized spacial score (nSPS) is 29.0. The lowest BCUT2D eigenvalue weighted by molar-refractivity contribution is -0.133. The molecule has 36 heavy (non-hydrogen) atoms. The van der Waals surface area contributed by atoms with Gasteiger partial charge in [-0.15, -0.1) is 0 Å². The lowest BCUT2D eigenvalue weighted by atomic mass is 9.86. The average Bonchev–Trinajstić information content (AvgIpc) is 3.64. The maximum absolute atomic E-state index is 13.4. The number of rotatable bonds is 9. The van der Waals surface area contributed by atoms with Gasteiger partial charge in [0.05, 0.1) is 18.0 Å². The number of fused-ring (bicyclic) bond motifs is 1. The number of nitrogens with one attached hydrogen (secondary N) is 1. The smallest absolute Gasteiger partial charge is 0.231 e. The van der Waals surface area contributed by atoms with E-state index < -0.39 is 23.3 Å². The minimum atomic E-state index is -0.916. The highest BCUT2D eigenvalue weighted by atomic mass is 16.5. The number of carbonyl (C=O) groups is 2. The Labute approximate surface area is 213 Å². The van der Waals surface area contributed by atoms with Gasteiger partial charge in [-0.05, 0) is 51.5 Å². The zero-order valence-electron chi connectivity index (χ0n) is 22.0. The molecule has 1 aromatic carbocycles. The van der Waals surface area contributed by atoms with Crippen LogP contribution in [-0.4, -0.2) is 64.8 Å². The monoisotopic (exact) mass is 500 g/mol. The fourth-order valence-corrected chi connectivity index (χ4v) is 5.72. The third-order valence-electron chi connectivity index (χ3n) is 8.24. The van der Waals surface area contributed by atoms with Gasteiger partial charge in [-0.1, -0.05) is 32.0 Å². The molecule has 2 amide bonds. The van der Waals surface area contributed by atoms with E-state index in [1.807, 2.05) is 52.0 Å². The number of guanidine groups is 1. The largest absolute Gasteiger partial charge is 0.485 e. The molecule has 0 radical (unpaired) electrons. The Hall–Kier alpha value is -2.65. The predicted molar refractivity (Wildman–Crippen MR) is 136 cm³/mol. The van der Waals surface area contributed by atoms with Crippen LogP contribution in [0.15, 0.2) is 29.3 Å². The van der Waals surface area contributed by atoms with E-state index in [4.69, 9.17) is 20.2 Å². The van der Waals surface area contributed by atoms with Gasteiger partial charge in [0.25, 0.3) is 0 Å². The quantitative estimate of drug-likeness (QED) is 0.478. The molecule has 4 rings (SSSR count). The van der Waals surface area contributed by atoms with E-state index in [-0.39, 0.29) is 35.7 Å². The molecule has 198 valence electrons. The summed E-state index contributed by atoms with van der Waals surface area (Å²) in [7, 11) is 1.62. The number of methoxy groups -OCH3 is 1. The van der Waals surface area contributed by atoms with Crippen LogP contribution in [0.3, 0.4) is 0 Å². The van der Waals surface area contributed by atoms with Gasteiger partial charge in [0.15, 0.2) is 5.96 Å². The van der Waals surface area contributed by atoms with Crippen LogP contribution in [0.5, 0.6) is 5.75 Å². The van der Waals surface area contributed by atoms with Crippen molar-refractivity contribution in [1.29, 1.82) is 0 Å². The number of para-hydroxylation sites is 1. The van der Waals surface area contributed by atoms with Crippen LogP contribution in [0.25, 0.3) is 0 Å². The first kappa shape index (κ1) is 26.4. The fraction of sp³-hybridized carbons (Fsp3) is 0.667. The van der Waals surface area contributed by atoms with Crippen molar-refractivity contribution in [3.63, 3.8) is 0 Å². The number of aliphatic hydroxyl groups excluding tert-OH is 1. The summed E-state index contributed by atoms with van der Waals surface area (Å²) in [6.45, 7) is 8.11. The number of hydrogen-bond acceptors (Lipinski definition) is 7. The van der Waals surface area contributed by atoms with Crippen LogP contribution in [0.1, 0.15) is 71.4 Å². The van der Waals surface area contributed by atoms with Crippen molar-refractivity contribution >= 4 is 17.8 Å². The van der Waals surface area contributed by atoms with Crippen molar-refractivity contribution in [2.45, 2.75) is 89.1 Å². The molecule has 1 fully saturated rings. The van der Waals surface area contributed by atoms with E-state index >= 15 is 0 Å². The number of nitrogens with two attached hydrogens (primary N) is 1. The third kappa shape index (κ3) is 4.83. The molecule has 0 bridgehead atoms. The molecule has 5 atom stereocenters. The van der Waals surface area contributed by atoms with E-state index in [0.717, 1.165) is 18.4 Å². The zero-order chi connectivity index (χ0) is 26.3. The Bertz CT molecular complexity index is 1020. The lowest BCUT2D eigenvalue weighted by Gasteiger charge is -2.42. The summed E-state index contributed by atoms with van der Waals surface area (Å²) in [5.41, 5.74) is 5.82. The molecule has 0 unspecified atom stereocenters. The molecule has 1 saturated carbocycles. The Morgan fingerprint density at radius 3 is 2.67 bits per heavy atom. The van der Waals surface area contributed by atoms with E-state index in [9.17, 15) is 14.7 Å². The molecule has 0 aromatic heterocycles. The topological polar surface area (TPSA) is 126 Å². The average molecular weight is 501 g/mol. The molecule has 1 aliphatic carbocycles. The Balaban J connectivity index is 1.53. The summed E-state index contributed by atoms with van der Waals surface area (Å²) in [4.78, 5) is 33.1. The first-order valence-electron chi connectivity index (χ1n) is 13.0. The van der Waals surface area contributed by atoms with Gasteiger partial charge in [0, 0.05) is 31.2 Å². The van der Waals surface area contributed by atoms with Crippen molar-refractivity contribution in [1.82, 2.24) is 10.2 Å². The lowest BCUT2D eigenvalue weighted by Crippen LogP contribution is -2.56. The summed E-state index contributed by atoms with van der Waals surface area (Å²) < 4.78 is 11.3. The molecule has 0 saturated heterocycles. The number of ether oxygens (including phenoxy) is 2. The number of benzene rings is 1. The van der Waals surface area contributed by atoms with Crippen molar-refractivity contribution < 1.29 is 24.2 Å². The van der Waals surface area contributed by atoms with E-state index in [1.165, 1.54) is 0 Å². The molecule has 9 heteroatoms. The van der Waals surface area contributed by atoms with E-state index in [2.05, 4.69) is 5.32 Å². The second kappa shape index (κ2) is 10.0. The zero-order valence-corrected chi connectivity index (χ0v) is 22.0. The molecule has 1 aromatic rings. The van der Waals surface area contributed by atoms with Gasteiger partial charge in [0.1, 0.15) is 17.5 Å². The first-order chi connectivity index (χ1) is 17.1. The number of nitrogens with zero attached hydrogens (tertiary/aromatic N) is 2. The highest BCUT2D eigenvalue weighted by Gasteiger charge is 2.53. The van der Waals surface area contributed by atoms with Crippen molar-refractivity contribution in [3.05, 3.63) is 29.8 Å². The van der Waals surface area contributed by atoms with Gasteiger partial charge in [-0.3, -0.25) is 14.5 Å². The Morgan fingerprint density at radius 2 is 2.03 bits per heavy atom. The van der Waals surface area contributed by atoms with Gasteiger partial charge in [0.2, 0.25) is 11.8 Å². The molecule has 0 spiro atoms. The number of hydrogen-bond donors (Lipinski definition) is 3. The molecule has 4 N–H and O–H groups in total.